The molecule has 0 aliphatic heterocycles. The van der Waals surface area contributed by atoms with Crippen molar-refractivity contribution in [2.45, 2.75) is 6.92 Å². The predicted octanol–water partition coefficient (Wildman–Crippen LogP) is 4.02. The smallest absolute Gasteiger partial charge is 0.130 e. The normalized spacial score (nSPS) is 10.3. The van der Waals surface area contributed by atoms with E-state index in [-0.39, 0.29) is 0 Å². The molecule has 3 nitrogen and oxygen atoms in total. The summed E-state index contributed by atoms with van der Waals surface area (Å²) in [6.07, 6.45) is 1.58. The van der Waals surface area contributed by atoms with E-state index in [4.69, 9.17) is 28.9 Å². The first-order valence-electron chi connectivity index (χ1n) is 5.00. The van der Waals surface area contributed by atoms with E-state index in [0.29, 0.717) is 21.6 Å². The Balaban J connectivity index is 2.30. The van der Waals surface area contributed by atoms with Gasteiger partial charge in [0, 0.05) is 5.02 Å². The molecule has 17 heavy (non-hydrogen) atoms. The van der Waals surface area contributed by atoms with Crippen molar-refractivity contribution in [1.29, 1.82) is 0 Å². The number of hydrogen-bond acceptors (Lipinski definition) is 3. The summed E-state index contributed by atoms with van der Waals surface area (Å²) in [5.41, 5.74) is 7.83. The highest BCUT2D eigenvalue weighted by molar-refractivity contribution is 6.35. The first-order chi connectivity index (χ1) is 8.06. The fourth-order valence-corrected chi connectivity index (χ4v) is 1.79. The monoisotopic (exact) mass is 267 g/mol. The minimum atomic E-state index is 0.602. The van der Waals surface area contributed by atoms with Crippen LogP contribution in [0.2, 0.25) is 10.0 Å². The van der Waals surface area contributed by atoms with Gasteiger partial charge in [0.2, 0.25) is 0 Å². The maximum atomic E-state index is 6.11. The number of hydrogen-bond donors (Lipinski definition) is 2. The lowest BCUT2D eigenvalue weighted by molar-refractivity contribution is 1.31. The molecule has 1 heterocycles. The third kappa shape index (κ3) is 2.81. The summed E-state index contributed by atoms with van der Waals surface area (Å²) in [7, 11) is 0. The Kier molecular flexibility index (Phi) is 3.41. The van der Waals surface area contributed by atoms with E-state index in [1.807, 2.05) is 13.0 Å². The van der Waals surface area contributed by atoms with Crippen molar-refractivity contribution in [1.82, 2.24) is 4.98 Å². The van der Waals surface area contributed by atoms with Gasteiger partial charge in [-0.15, -0.1) is 0 Å². The summed E-state index contributed by atoms with van der Waals surface area (Å²) in [6, 6.07) is 7.12. The van der Waals surface area contributed by atoms with Crippen molar-refractivity contribution in [3.8, 4) is 0 Å². The van der Waals surface area contributed by atoms with E-state index in [0.717, 1.165) is 11.3 Å². The van der Waals surface area contributed by atoms with Gasteiger partial charge in [-0.3, -0.25) is 0 Å². The second-order valence-electron chi connectivity index (χ2n) is 3.68. The molecule has 0 bridgehead atoms. The van der Waals surface area contributed by atoms with E-state index in [1.54, 1.807) is 24.4 Å². The van der Waals surface area contributed by atoms with Gasteiger partial charge in [0.05, 0.1) is 22.6 Å². The van der Waals surface area contributed by atoms with Crippen LogP contribution in [0.4, 0.5) is 17.2 Å². The number of aryl methyl sites for hydroxylation is 1. The van der Waals surface area contributed by atoms with Gasteiger partial charge in [-0.25, -0.2) is 4.98 Å². The first kappa shape index (κ1) is 12.0. The van der Waals surface area contributed by atoms with E-state index in [2.05, 4.69) is 10.3 Å². The van der Waals surface area contributed by atoms with E-state index in [9.17, 15) is 0 Å². The number of aromatic nitrogens is 1. The topological polar surface area (TPSA) is 50.9 Å². The van der Waals surface area contributed by atoms with Crippen LogP contribution in [0.15, 0.2) is 30.5 Å². The van der Waals surface area contributed by atoms with Crippen molar-refractivity contribution in [3.63, 3.8) is 0 Å². The third-order valence-electron chi connectivity index (χ3n) is 2.30. The van der Waals surface area contributed by atoms with Gasteiger partial charge in [0.25, 0.3) is 0 Å². The fraction of sp³-hybridized carbons (Fsp3) is 0.0833. The van der Waals surface area contributed by atoms with Crippen LogP contribution in [0.3, 0.4) is 0 Å². The molecule has 0 radical (unpaired) electrons. The zero-order chi connectivity index (χ0) is 12.4. The highest BCUT2D eigenvalue weighted by atomic mass is 35.5. The zero-order valence-corrected chi connectivity index (χ0v) is 10.7. The number of rotatable bonds is 2. The number of anilines is 3. The molecule has 0 atom stereocenters. The molecule has 5 heteroatoms. The molecule has 0 fully saturated rings. The van der Waals surface area contributed by atoms with Gasteiger partial charge in [-0.05, 0) is 36.8 Å². The lowest BCUT2D eigenvalue weighted by atomic mass is 10.2. The minimum absolute atomic E-state index is 0.602. The van der Waals surface area contributed by atoms with E-state index in [1.165, 1.54) is 0 Å². The number of nitrogens with one attached hydrogen (secondary N) is 1. The standard InChI is InChI=1S/C12H11Cl2N3/c1-7-4-10(14)11(5-9(7)13)17-12-3-2-8(15)6-16-12/h2-6H,15H2,1H3,(H,16,17). The minimum Gasteiger partial charge on any atom is -0.397 e. The van der Waals surface area contributed by atoms with Crippen LogP contribution in [0, 0.1) is 6.92 Å². The Bertz CT molecular complexity index is 538. The van der Waals surface area contributed by atoms with Gasteiger partial charge in [-0.1, -0.05) is 23.2 Å². The number of pyridine rings is 1. The summed E-state index contributed by atoms with van der Waals surface area (Å²) >= 11 is 12.1. The molecule has 0 saturated carbocycles. The fourth-order valence-electron chi connectivity index (χ4n) is 1.36. The summed E-state index contributed by atoms with van der Waals surface area (Å²) in [5, 5.41) is 4.35. The third-order valence-corrected chi connectivity index (χ3v) is 3.02. The molecule has 1 aromatic carbocycles. The van der Waals surface area contributed by atoms with Gasteiger partial charge >= 0.3 is 0 Å². The predicted molar refractivity (Wildman–Crippen MR) is 73.1 cm³/mol. The van der Waals surface area contributed by atoms with Crippen molar-refractivity contribution in [3.05, 3.63) is 46.1 Å². The largest absolute Gasteiger partial charge is 0.397 e. The summed E-state index contributed by atoms with van der Waals surface area (Å²) in [4.78, 5) is 4.13. The average Bonchev–Trinajstić information content (AvgIpc) is 2.29. The molecule has 3 N–H and O–H groups in total. The Morgan fingerprint density at radius 2 is 1.94 bits per heavy atom. The molecule has 0 unspecified atom stereocenters. The quantitative estimate of drug-likeness (QED) is 0.864. The summed E-state index contributed by atoms with van der Waals surface area (Å²) in [5.74, 6) is 0.668. The van der Waals surface area contributed by atoms with Crippen LogP contribution in [0.1, 0.15) is 5.56 Å². The molecule has 88 valence electrons. The van der Waals surface area contributed by atoms with E-state index >= 15 is 0 Å². The lowest BCUT2D eigenvalue weighted by Gasteiger charge is -2.09. The first-order valence-corrected chi connectivity index (χ1v) is 5.76. The lowest BCUT2D eigenvalue weighted by Crippen LogP contribution is -1.95. The Labute approximate surface area is 110 Å². The van der Waals surface area contributed by atoms with Gasteiger partial charge < -0.3 is 11.1 Å². The van der Waals surface area contributed by atoms with Crippen LogP contribution in [0.5, 0.6) is 0 Å². The highest BCUT2D eigenvalue weighted by Gasteiger charge is 2.05. The average molecular weight is 268 g/mol. The number of nitrogens with two attached hydrogens (primary N) is 1. The molecule has 2 rings (SSSR count). The van der Waals surface area contributed by atoms with Crippen LogP contribution in [-0.2, 0) is 0 Å². The van der Waals surface area contributed by atoms with Gasteiger partial charge in [-0.2, -0.15) is 0 Å². The number of nitrogen functional groups attached to an aromatic ring is 1. The number of nitrogens with zero attached hydrogens (tertiary/aromatic N) is 1. The molecule has 2 aromatic rings. The second kappa shape index (κ2) is 4.82. The maximum absolute atomic E-state index is 6.11. The van der Waals surface area contributed by atoms with Crippen LogP contribution in [0.25, 0.3) is 0 Å². The van der Waals surface area contributed by atoms with E-state index < -0.39 is 0 Å². The molecular formula is C12H11Cl2N3. The Morgan fingerprint density at radius 3 is 2.59 bits per heavy atom. The molecular weight excluding hydrogens is 257 g/mol. The molecule has 0 spiro atoms. The maximum Gasteiger partial charge on any atom is 0.130 e. The summed E-state index contributed by atoms with van der Waals surface area (Å²) in [6.45, 7) is 1.90. The second-order valence-corrected chi connectivity index (χ2v) is 4.50. The number of halogens is 2. The molecule has 1 aromatic heterocycles. The SMILES string of the molecule is Cc1cc(Cl)c(Nc2ccc(N)cn2)cc1Cl. The van der Waals surface area contributed by atoms with Gasteiger partial charge in [0.1, 0.15) is 5.82 Å². The van der Waals surface area contributed by atoms with Crippen molar-refractivity contribution < 1.29 is 0 Å². The Morgan fingerprint density at radius 1 is 1.18 bits per heavy atom. The van der Waals surface area contributed by atoms with Crippen LogP contribution >= 0.6 is 23.2 Å². The molecule has 0 saturated heterocycles. The van der Waals surface area contributed by atoms with Crippen molar-refractivity contribution in [2.24, 2.45) is 0 Å². The summed E-state index contributed by atoms with van der Waals surface area (Å²) < 4.78 is 0. The Hall–Kier alpha value is -1.45. The number of benzene rings is 1. The van der Waals surface area contributed by atoms with Crippen molar-refractivity contribution in [2.75, 3.05) is 11.1 Å². The van der Waals surface area contributed by atoms with Crippen molar-refractivity contribution >= 4 is 40.4 Å². The van der Waals surface area contributed by atoms with Crippen LogP contribution in [-0.4, -0.2) is 4.98 Å². The molecule has 0 amide bonds. The van der Waals surface area contributed by atoms with Gasteiger partial charge in [0.15, 0.2) is 0 Å². The van der Waals surface area contributed by atoms with Crippen LogP contribution < -0.4 is 11.1 Å². The highest BCUT2D eigenvalue weighted by Crippen LogP contribution is 2.30. The molecule has 0 aliphatic rings. The molecule has 0 aliphatic carbocycles. The zero-order valence-electron chi connectivity index (χ0n) is 9.17.